The smallest absolute Gasteiger partial charge is 0.244 e. The maximum atomic E-state index is 12.9. The molecule has 4 rings (SSSR count). The van der Waals surface area contributed by atoms with Crippen LogP contribution in [0.25, 0.3) is 10.9 Å². The minimum atomic E-state index is -3.71. The first-order valence-corrected chi connectivity index (χ1v) is 12.9. The minimum Gasteiger partial charge on any atom is -0.497 e. The molecule has 0 atom stereocenters. The summed E-state index contributed by atoms with van der Waals surface area (Å²) in [5.41, 5.74) is 6.89. The van der Waals surface area contributed by atoms with E-state index in [2.05, 4.69) is 20.0 Å². The number of methoxy groups -OCH3 is 2. The first-order chi connectivity index (χ1) is 16.4. The van der Waals surface area contributed by atoms with Crippen molar-refractivity contribution in [2.75, 3.05) is 38.4 Å². The second-order valence-electron chi connectivity index (χ2n) is 8.59. The number of halogens is 1. The van der Waals surface area contributed by atoms with Crippen LogP contribution >= 0.6 is 12.4 Å². The normalized spacial score (nSPS) is 18.0. The number of anilines is 2. The molecule has 2 aromatic carbocycles. The fraction of sp³-hybridized carbons (Fsp3) is 0.417. The van der Waals surface area contributed by atoms with Gasteiger partial charge in [-0.2, -0.15) is 4.98 Å². The van der Waals surface area contributed by atoms with Gasteiger partial charge >= 0.3 is 0 Å². The monoisotopic (exact) mass is 521 g/mol. The molecule has 1 heterocycles. The van der Waals surface area contributed by atoms with Crippen molar-refractivity contribution in [2.45, 2.75) is 30.6 Å². The molecule has 1 aromatic heterocycles. The van der Waals surface area contributed by atoms with Crippen LogP contribution in [0.4, 0.5) is 11.8 Å². The third-order valence-electron chi connectivity index (χ3n) is 6.37. The molecule has 190 valence electrons. The maximum Gasteiger partial charge on any atom is 0.244 e. The quantitative estimate of drug-likeness (QED) is 0.387. The van der Waals surface area contributed by atoms with Gasteiger partial charge in [0.25, 0.3) is 0 Å². The first-order valence-electron chi connectivity index (χ1n) is 11.4. The van der Waals surface area contributed by atoms with Crippen LogP contribution in [0, 0.1) is 11.8 Å². The number of ether oxygens (including phenoxy) is 2. The third kappa shape index (κ3) is 6.45. The van der Waals surface area contributed by atoms with Gasteiger partial charge in [0.1, 0.15) is 22.2 Å². The zero-order chi connectivity index (χ0) is 24.1. The lowest BCUT2D eigenvalue weighted by Gasteiger charge is -2.28. The average molecular weight is 522 g/mol. The van der Waals surface area contributed by atoms with Crippen molar-refractivity contribution in [3.05, 3.63) is 42.5 Å². The number of benzene rings is 2. The summed E-state index contributed by atoms with van der Waals surface area (Å²) in [7, 11) is -0.761. The predicted molar refractivity (Wildman–Crippen MR) is 140 cm³/mol. The zero-order valence-electron chi connectivity index (χ0n) is 19.9. The highest BCUT2D eigenvalue weighted by molar-refractivity contribution is 7.89. The number of sulfonamides is 1. The molecule has 0 bridgehead atoms. The number of rotatable bonds is 9. The van der Waals surface area contributed by atoms with E-state index in [0.717, 1.165) is 43.1 Å². The Hall–Kier alpha value is -2.82. The van der Waals surface area contributed by atoms with E-state index in [9.17, 15) is 8.42 Å². The highest BCUT2D eigenvalue weighted by Gasteiger charge is 2.25. The first kappa shape index (κ1) is 26.8. The second-order valence-corrected chi connectivity index (χ2v) is 10.3. The Morgan fingerprint density at radius 1 is 0.971 bits per heavy atom. The summed E-state index contributed by atoms with van der Waals surface area (Å²) in [6, 6.07) is 12.4. The van der Waals surface area contributed by atoms with Crippen molar-refractivity contribution in [1.29, 1.82) is 0 Å². The van der Waals surface area contributed by atoms with Gasteiger partial charge in [0, 0.05) is 24.5 Å². The van der Waals surface area contributed by atoms with Crippen molar-refractivity contribution in [1.82, 2.24) is 14.7 Å². The van der Waals surface area contributed by atoms with Crippen LogP contribution < -0.4 is 25.2 Å². The van der Waals surface area contributed by atoms with Gasteiger partial charge in [0.05, 0.1) is 19.7 Å². The number of fused-ring (bicyclic) bond motifs is 1. The molecule has 11 heteroatoms. The van der Waals surface area contributed by atoms with Crippen LogP contribution in [0.3, 0.4) is 0 Å². The zero-order valence-corrected chi connectivity index (χ0v) is 21.5. The van der Waals surface area contributed by atoms with E-state index in [0.29, 0.717) is 35.7 Å². The Bertz CT molecular complexity index is 1250. The number of hydrogen-bond donors (Lipinski definition) is 3. The van der Waals surface area contributed by atoms with E-state index in [-0.39, 0.29) is 23.2 Å². The molecule has 0 amide bonds. The number of nitrogens with one attached hydrogen (secondary N) is 2. The molecule has 4 N–H and O–H groups in total. The van der Waals surface area contributed by atoms with Crippen molar-refractivity contribution in [2.24, 2.45) is 11.8 Å². The summed E-state index contributed by atoms with van der Waals surface area (Å²) < 4.78 is 38.9. The minimum absolute atomic E-state index is 0. The van der Waals surface area contributed by atoms with Crippen molar-refractivity contribution < 1.29 is 17.9 Å². The van der Waals surface area contributed by atoms with Crippen LogP contribution in [-0.4, -0.2) is 45.7 Å². The van der Waals surface area contributed by atoms with Crippen molar-refractivity contribution in [3.8, 4) is 11.5 Å². The molecule has 9 nitrogen and oxygen atoms in total. The Kier molecular flexibility index (Phi) is 8.98. The number of para-hydroxylation sites is 1. The summed E-state index contributed by atoms with van der Waals surface area (Å²) in [5, 5.41) is 4.17. The van der Waals surface area contributed by atoms with Gasteiger partial charge in [-0.25, -0.2) is 18.1 Å². The largest absolute Gasteiger partial charge is 0.497 e. The molecule has 1 fully saturated rings. The highest BCUT2D eigenvalue weighted by atomic mass is 35.5. The Labute approximate surface area is 212 Å². The molecule has 0 unspecified atom stereocenters. The number of nitrogen functional groups attached to an aromatic ring is 1. The molecule has 1 saturated carbocycles. The lowest BCUT2D eigenvalue weighted by atomic mass is 9.82. The Morgan fingerprint density at radius 3 is 2.34 bits per heavy atom. The van der Waals surface area contributed by atoms with Crippen LogP contribution in [0.5, 0.6) is 11.5 Å². The van der Waals surface area contributed by atoms with Crippen molar-refractivity contribution >= 4 is 45.1 Å². The molecule has 3 aromatic rings. The van der Waals surface area contributed by atoms with Gasteiger partial charge in [-0.15, -0.1) is 12.4 Å². The highest BCUT2D eigenvalue weighted by Crippen LogP contribution is 2.31. The molecule has 0 aliphatic heterocycles. The molecule has 1 aliphatic rings. The maximum absolute atomic E-state index is 12.9. The van der Waals surface area contributed by atoms with Gasteiger partial charge in [0.15, 0.2) is 0 Å². The lowest BCUT2D eigenvalue weighted by Crippen LogP contribution is -2.32. The fourth-order valence-electron chi connectivity index (χ4n) is 4.35. The number of aromatic nitrogens is 2. The van der Waals surface area contributed by atoms with Crippen LogP contribution in [0.1, 0.15) is 25.7 Å². The molecule has 0 saturated heterocycles. The summed E-state index contributed by atoms with van der Waals surface area (Å²) in [6.07, 6.45) is 3.91. The average Bonchev–Trinajstić information content (AvgIpc) is 2.86. The molecule has 0 spiro atoms. The predicted octanol–water partition coefficient (Wildman–Crippen LogP) is 3.85. The molecule has 0 radical (unpaired) electrons. The van der Waals surface area contributed by atoms with Gasteiger partial charge in [-0.1, -0.05) is 12.1 Å². The van der Waals surface area contributed by atoms with E-state index in [1.165, 1.54) is 20.3 Å². The Balaban J connectivity index is 0.00000342. The lowest BCUT2D eigenvalue weighted by molar-refractivity contribution is 0.284. The molecular formula is C24H32ClN5O4S. The van der Waals surface area contributed by atoms with Gasteiger partial charge in [-0.05, 0) is 61.8 Å². The van der Waals surface area contributed by atoms with Gasteiger partial charge in [-0.3, -0.25) is 0 Å². The van der Waals surface area contributed by atoms with Crippen LogP contribution in [0.15, 0.2) is 47.4 Å². The van der Waals surface area contributed by atoms with E-state index in [1.54, 1.807) is 12.1 Å². The summed E-state index contributed by atoms with van der Waals surface area (Å²) >= 11 is 0. The fourth-order valence-corrected chi connectivity index (χ4v) is 5.65. The standard InChI is InChI=1S/C24H31N5O4S.ClH/c1-32-18-11-12-21(33-2)22(13-18)34(30,31)27-15-17-9-7-16(8-10-17)14-26-24-28-20-6-4-3-5-19(20)23(25)29-24;/h3-6,11-13,16-17,27H,7-10,14-15H2,1-2H3,(H3,25,26,28,29);1H/t16-,17-;. The molecule has 1 aliphatic carbocycles. The van der Waals surface area contributed by atoms with Gasteiger partial charge < -0.3 is 20.5 Å². The van der Waals surface area contributed by atoms with Crippen LogP contribution in [0.2, 0.25) is 0 Å². The summed E-state index contributed by atoms with van der Waals surface area (Å²) in [5.74, 6) is 2.53. The second kappa shape index (κ2) is 11.7. The van der Waals surface area contributed by atoms with E-state index in [4.69, 9.17) is 15.2 Å². The topological polar surface area (TPSA) is 128 Å². The summed E-state index contributed by atoms with van der Waals surface area (Å²) in [6.45, 7) is 1.16. The number of nitrogens with zero attached hydrogens (tertiary/aromatic N) is 2. The number of nitrogens with two attached hydrogens (primary N) is 1. The van der Waals surface area contributed by atoms with E-state index < -0.39 is 10.0 Å². The third-order valence-corrected chi connectivity index (χ3v) is 7.81. The molecular weight excluding hydrogens is 490 g/mol. The van der Waals surface area contributed by atoms with Crippen molar-refractivity contribution in [3.63, 3.8) is 0 Å². The summed E-state index contributed by atoms with van der Waals surface area (Å²) in [4.78, 5) is 9.01. The SMILES string of the molecule is COc1ccc(OC)c(S(=O)(=O)NC[C@H]2CC[C@H](CNc3nc(N)c4ccccc4n3)CC2)c1.Cl. The van der Waals surface area contributed by atoms with E-state index in [1.807, 2.05) is 24.3 Å². The molecule has 35 heavy (non-hydrogen) atoms. The van der Waals surface area contributed by atoms with E-state index >= 15 is 0 Å². The number of hydrogen-bond acceptors (Lipinski definition) is 8. The Morgan fingerprint density at radius 2 is 1.66 bits per heavy atom. The van der Waals surface area contributed by atoms with Crippen LogP contribution in [-0.2, 0) is 10.0 Å². The van der Waals surface area contributed by atoms with Gasteiger partial charge in [0.2, 0.25) is 16.0 Å².